The normalized spacial score (nSPS) is 13.5. The summed E-state index contributed by atoms with van der Waals surface area (Å²) in [6.07, 6.45) is 0.0189. The summed E-state index contributed by atoms with van der Waals surface area (Å²) in [6.45, 7) is 8.39. The molecule has 0 aliphatic heterocycles. The standard InChI is InChI=1S/C12H26N2O3/c1-12(2,3)10(17-5)8-14-11(15)9-13-6-7-16-4/h10,13H,6-9H2,1-5H3,(H,14,15). The number of methoxy groups -OCH3 is 2. The van der Waals surface area contributed by atoms with E-state index in [0.717, 1.165) is 0 Å². The maximum absolute atomic E-state index is 11.5. The number of rotatable bonds is 8. The molecule has 0 radical (unpaired) electrons. The van der Waals surface area contributed by atoms with Crippen molar-refractivity contribution in [2.45, 2.75) is 26.9 Å². The van der Waals surface area contributed by atoms with Gasteiger partial charge in [-0.05, 0) is 5.41 Å². The average Bonchev–Trinajstić information content (AvgIpc) is 2.23. The summed E-state index contributed by atoms with van der Waals surface area (Å²) in [5.74, 6) is -0.0209. The third-order valence-electron chi connectivity index (χ3n) is 2.50. The van der Waals surface area contributed by atoms with Gasteiger partial charge in [0.15, 0.2) is 0 Å². The van der Waals surface area contributed by atoms with Crippen molar-refractivity contribution >= 4 is 5.91 Å². The van der Waals surface area contributed by atoms with Crippen LogP contribution < -0.4 is 10.6 Å². The molecule has 0 saturated carbocycles. The number of ether oxygens (including phenoxy) is 2. The van der Waals surface area contributed by atoms with E-state index >= 15 is 0 Å². The summed E-state index contributed by atoms with van der Waals surface area (Å²) >= 11 is 0. The monoisotopic (exact) mass is 246 g/mol. The first-order valence-electron chi connectivity index (χ1n) is 5.91. The molecule has 0 aromatic carbocycles. The number of carbonyl (C=O) groups is 1. The molecule has 1 unspecified atom stereocenters. The largest absolute Gasteiger partial charge is 0.383 e. The highest BCUT2D eigenvalue weighted by Crippen LogP contribution is 2.20. The van der Waals surface area contributed by atoms with Crippen LogP contribution in [0.25, 0.3) is 0 Å². The Kier molecular flexibility index (Phi) is 8.12. The van der Waals surface area contributed by atoms with Crippen molar-refractivity contribution in [2.75, 3.05) is 40.5 Å². The number of hydrogen-bond donors (Lipinski definition) is 2. The van der Waals surface area contributed by atoms with Crippen LogP contribution in [-0.4, -0.2) is 52.5 Å². The van der Waals surface area contributed by atoms with Crippen LogP contribution in [0.1, 0.15) is 20.8 Å². The van der Waals surface area contributed by atoms with Crippen molar-refractivity contribution < 1.29 is 14.3 Å². The Morgan fingerprint density at radius 1 is 1.29 bits per heavy atom. The zero-order valence-corrected chi connectivity index (χ0v) is 11.6. The van der Waals surface area contributed by atoms with E-state index in [-0.39, 0.29) is 17.4 Å². The SMILES string of the molecule is COCCNCC(=O)NCC(OC)C(C)(C)C. The van der Waals surface area contributed by atoms with Crippen LogP contribution in [0, 0.1) is 5.41 Å². The highest BCUT2D eigenvalue weighted by molar-refractivity contribution is 5.77. The van der Waals surface area contributed by atoms with E-state index in [1.165, 1.54) is 0 Å². The van der Waals surface area contributed by atoms with E-state index < -0.39 is 0 Å². The van der Waals surface area contributed by atoms with Gasteiger partial charge in [0.2, 0.25) is 5.91 Å². The molecule has 5 nitrogen and oxygen atoms in total. The van der Waals surface area contributed by atoms with Gasteiger partial charge in [-0.2, -0.15) is 0 Å². The first kappa shape index (κ1) is 16.4. The van der Waals surface area contributed by atoms with E-state index in [0.29, 0.717) is 26.2 Å². The van der Waals surface area contributed by atoms with Gasteiger partial charge < -0.3 is 20.1 Å². The third kappa shape index (κ3) is 8.12. The molecular weight excluding hydrogens is 220 g/mol. The average molecular weight is 246 g/mol. The lowest BCUT2D eigenvalue weighted by Gasteiger charge is -2.29. The maximum Gasteiger partial charge on any atom is 0.234 e. The minimum absolute atomic E-state index is 0.0189. The predicted molar refractivity (Wildman–Crippen MR) is 68.0 cm³/mol. The van der Waals surface area contributed by atoms with E-state index in [2.05, 4.69) is 31.4 Å². The summed E-state index contributed by atoms with van der Waals surface area (Å²) in [5.41, 5.74) is 0.0194. The Balaban J connectivity index is 3.75. The number of amides is 1. The third-order valence-corrected chi connectivity index (χ3v) is 2.50. The highest BCUT2D eigenvalue weighted by atomic mass is 16.5. The fourth-order valence-corrected chi connectivity index (χ4v) is 1.39. The summed E-state index contributed by atoms with van der Waals surface area (Å²) in [5, 5.41) is 5.84. The maximum atomic E-state index is 11.5. The van der Waals surface area contributed by atoms with E-state index in [9.17, 15) is 4.79 Å². The van der Waals surface area contributed by atoms with Crippen LogP contribution in [0.2, 0.25) is 0 Å². The molecule has 0 aromatic heterocycles. The molecule has 1 atom stereocenters. The summed E-state index contributed by atoms with van der Waals surface area (Å²) in [4.78, 5) is 11.5. The summed E-state index contributed by atoms with van der Waals surface area (Å²) < 4.78 is 10.2. The molecular formula is C12H26N2O3. The molecule has 0 spiro atoms. The van der Waals surface area contributed by atoms with Gasteiger partial charge in [-0.25, -0.2) is 0 Å². The molecule has 2 N–H and O–H groups in total. The second-order valence-corrected chi connectivity index (χ2v) is 5.06. The number of carbonyl (C=O) groups excluding carboxylic acids is 1. The first-order valence-corrected chi connectivity index (χ1v) is 5.91. The lowest BCUT2D eigenvalue weighted by Crippen LogP contribution is -2.43. The fourth-order valence-electron chi connectivity index (χ4n) is 1.39. The van der Waals surface area contributed by atoms with Gasteiger partial charge in [0.25, 0.3) is 0 Å². The second-order valence-electron chi connectivity index (χ2n) is 5.06. The van der Waals surface area contributed by atoms with E-state index in [4.69, 9.17) is 9.47 Å². The lowest BCUT2D eigenvalue weighted by molar-refractivity contribution is -0.121. The molecule has 0 heterocycles. The van der Waals surface area contributed by atoms with Crippen LogP contribution in [0.4, 0.5) is 0 Å². The molecule has 5 heteroatoms. The Bertz CT molecular complexity index is 214. The highest BCUT2D eigenvalue weighted by Gasteiger charge is 2.24. The van der Waals surface area contributed by atoms with Crippen molar-refractivity contribution in [3.63, 3.8) is 0 Å². The number of hydrogen-bond acceptors (Lipinski definition) is 4. The second kappa shape index (κ2) is 8.44. The van der Waals surface area contributed by atoms with Crippen LogP contribution >= 0.6 is 0 Å². The molecule has 1 amide bonds. The molecule has 17 heavy (non-hydrogen) atoms. The first-order chi connectivity index (χ1) is 7.91. The Hall–Kier alpha value is -0.650. The van der Waals surface area contributed by atoms with Gasteiger partial charge in [0, 0.05) is 27.3 Å². The summed E-state index contributed by atoms with van der Waals surface area (Å²) in [7, 11) is 3.30. The lowest BCUT2D eigenvalue weighted by atomic mass is 9.89. The molecule has 0 bridgehead atoms. The molecule has 0 saturated heterocycles. The van der Waals surface area contributed by atoms with Gasteiger partial charge in [-0.15, -0.1) is 0 Å². The van der Waals surface area contributed by atoms with Crippen molar-refractivity contribution in [1.82, 2.24) is 10.6 Å². The van der Waals surface area contributed by atoms with Gasteiger partial charge in [0.05, 0.1) is 19.3 Å². The van der Waals surface area contributed by atoms with Crippen LogP contribution in [-0.2, 0) is 14.3 Å². The van der Waals surface area contributed by atoms with E-state index in [1.54, 1.807) is 14.2 Å². The fraction of sp³-hybridized carbons (Fsp3) is 0.917. The molecule has 0 fully saturated rings. The smallest absolute Gasteiger partial charge is 0.234 e. The molecule has 0 rings (SSSR count). The molecule has 102 valence electrons. The Morgan fingerprint density at radius 2 is 1.94 bits per heavy atom. The molecule has 0 aliphatic carbocycles. The summed E-state index contributed by atoms with van der Waals surface area (Å²) in [6, 6.07) is 0. The van der Waals surface area contributed by atoms with Crippen molar-refractivity contribution in [3.05, 3.63) is 0 Å². The van der Waals surface area contributed by atoms with Crippen molar-refractivity contribution in [1.29, 1.82) is 0 Å². The molecule has 0 aliphatic rings. The Labute approximate surface area is 104 Å². The van der Waals surface area contributed by atoms with Gasteiger partial charge in [-0.1, -0.05) is 20.8 Å². The van der Waals surface area contributed by atoms with Crippen LogP contribution in [0.3, 0.4) is 0 Å². The number of nitrogens with one attached hydrogen (secondary N) is 2. The van der Waals surface area contributed by atoms with Crippen molar-refractivity contribution in [3.8, 4) is 0 Å². The zero-order valence-electron chi connectivity index (χ0n) is 11.6. The van der Waals surface area contributed by atoms with Crippen LogP contribution in [0.5, 0.6) is 0 Å². The minimum atomic E-state index is -0.0209. The van der Waals surface area contributed by atoms with Gasteiger partial charge in [-0.3, -0.25) is 4.79 Å². The molecule has 0 aromatic rings. The van der Waals surface area contributed by atoms with E-state index in [1.807, 2.05) is 0 Å². The van der Waals surface area contributed by atoms with Gasteiger partial charge in [0.1, 0.15) is 0 Å². The quantitative estimate of drug-likeness (QED) is 0.609. The predicted octanol–water partition coefficient (Wildman–Crippen LogP) is 0.400. The zero-order chi connectivity index (χ0) is 13.3. The minimum Gasteiger partial charge on any atom is -0.383 e. The topological polar surface area (TPSA) is 59.6 Å². The van der Waals surface area contributed by atoms with Crippen molar-refractivity contribution in [2.24, 2.45) is 5.41 Å². The van der Waals surface area contributed by atoms with Gasteiger partial charge >= 0.3 is 0 Å². The van der Waals surface area contributed by atoms with Crippen LogP contribution in [0.15, 0.2) is 0 Å². The Morgan fingerprint density at radius 3 is 2.41 bits per heavy atom.